The Morgan fingerprint density at radius 3 is 2.05 bits per heavy atom. The first-order chi connectivity index (χ1) is 9.97. The normalized spacial score (nSPS) is 9.14. The van der Waals surface area contributed by atoms with E-state index in [0.29, 0.717) is 0 Å². The Balaban J connectivity index is 0.000000342. The van der Waals surface area contributed by atoms with E-state index in [0.717, 1.165) is 26.9 Å². The van der Waals surface area contributed by atoms with Gasteiger partial charge in [-0.2, -0.15) is 0 Å². The number of benzene rings is 2. The molecule has 0 spiro atoms. The Kier molecular flexibility index (Phi) is 10.4. The van der Waals surface area contributed by atoms with Gasteiger partial charge in [0.1, 0.15) is 5.82 Å². The van der Waals surface area contributed by atoms with Crippen molar-refractivity contribution in [2.24, 2.45) is 0 Å². The van der Waals surface area contributed by atoms with E-state index in [1.807, 2.05) is 39.0 Å². The van der Waals surface area contributed by atoms with Crippen LogP contribution in [-0.4, -0.2) is 0 Å². The Labute approximate surface area is 142 Å². The fourth-order valence-corrected chi connectivity index (χ4v) is 2.28. The average Bonchev–Trinajstić information content (AvgIpc) is 2.50. The molecule has 0 saturated carbocycles. The van der Waals surface area contributed by atoms with E-state index in [-0.39, 0.29) is 5.82 Å². The van der Waals surface area contributed by atoms with Gasteiger partial charge in [0, 0.05) is 9.37 Å². The maximum absolute atomic E-state index is 12.6. The molecule has 0 saturated heterocycles. The number of hydrogen-bond donors (Lipinski definition) is 1. The molecule has 0 aliphatic rings. The van der Waals surface area contributed by atoms with Crippen molar-refractivity contribution in [2.75, 3.05) is 0 Å². The molecule has 0 heterocycles. The van der Waals surface area contributed by atoms with Crippen LogP contribution in [0.15, 0.2) is 45.8 Å². The highest BCUT2D eigenvalue weighted by Gasteiger charge is 1.98. The SMILES string of the molecule is CC.CCc1cccc(Br)c1S.Cc1cccc(F)c1C. The van der Waals surface area contributed by atoms with Gasteiger partial charge < -0.3 is 0 Å². The van der Waals surface area contributed by atoms with Crippen molar-refractivity contribution >= 4 is 28.6 Å². The molecule has 3 heteroatoms. The minimum Gasteiger partial charge on any atom is -0.207 e. The summed E-state index contributed by atoms with van der Waals surface area (Å²) >= 11 is 7.75. The first-order valence-electron chi connectivity index (χ1n) is 7.15. The second-order valence-corrected chi connectivity index (χ2v) is 5.58. The summed E-state index contributed by atoms with van der Waals surface area (Å²) in [5, 5.41) is 0. The highest BCUT2D eigenvalue weighted by molar-refractivity contribution is 9.10. The smallest absolute Gasteiger partial charge is 0.126 e. The summed E-state index contributed by atoms with van der Waals surface area (Å²) in [7, 11) is 0. The molecule has 0 unspecified atom stereocenters. The lowest BCUT2D eigenvalue weighted by atomic mass is 10.1. The monoisotopic (exact) mass is 370 g/mol. The molecule has 0 atom stereocenters. The topological polar surface area (TPSA) is 0 Å². The highest BCUT2D eigenvalue weighted by atomic mass is 79.9. The molecule has 2 rings (SSSR count). The second-order valence-electron chi connectivity index (χ2n) is 4.28. The summed E-state index contributed by atoms with van der Waals surface area (Å²) in [4.78, 5) is 1.06. The molecule has 0 aliphatic heterocycles. The van der Waals surface area contributed by atoms with Gasteiger partial charge in [-0.25, -0.2) is 4.39 Å². The molecule has 0 aliphatic carbocycles. The summed E-state index contributed by atoms with van der Waals surface area (Å²) < 4.78 is 13.7. The molecule has 116 valence electrons. The third-order valence-corrected chi connectivity index (χ3v) is 4.49. The fourth-order valence-electron chi connectivity index (χ4n) is 1.56. The second kappa shape index (κ2) is 10.9. The van der Waals surface area contributed by atoms with E-state index >= 15 is 0 Å². The number of aryl methyl sites for hydroxylation is 2. The van der Waals surface area contributed by atoms with Gasteiger partial charge >= 0.3 is 0 Å². The van der Waals surface area contributed by atoms with Crippen LogP contribution in [0.3, 0.4) is 0 Å². The number of halogens is 2. The molecule has 0 radical (unpaired) electrons. The van der Waals surface area contributed by atoms with Crippen molar-refractivity contribution < 1.29 is 4.39 Å². The van der Waals surface area contributed by atoms with Crippen molar-refractivity contribution in [3.05, 3.63) is 63.4 Å². The van der Waals surface area contributed by atoms with Gasteiger partial charge in [-0.15, -0.1) is 12.6 Å². The lowest BCUT2D eigenvalue weighted by Gasteiger charge is -2.01. The van der Waals surface area contributed by atoms with E-state index in [1.165, 1.54) is 11.6 Å². The lowest BCUT2D eigenvalue weighted by molar-refractivity contribution is 0.617. The molecule has 2 aromatic rings. The number of thiol groups is 1. The predicted octanol–water partition coefficient (Wildman–Crippen LogP) is 6.77. The summed E-state index contributed by atoms with van der Waals surface area (Å²) in [6, 6.07) is 11.2. The van der Waals surface area contributed by atoms with Crippen LogP contribution in [0.2, 0.25) is 0 Å². The average molecular weight is 371 g/mol. The summed E-state index contributed by atoms with van der Waals surface area (Å²) in [6.07, 6.45) is 1.04. The van der Waals surface area contributed by atoms with Crippen molar-refractivity contribution in [1.29, 1.82) is 0 Å². The first-order valence-corrected chi connectivity index (χ1v) is 8.39. The zero-order valence-corrected chi connectivity index (χ0v) is 15.9. The van der Waals surface area contributed by atoms with Crippen molar-refractivity contribution in [3.63, 3.8) is 0 Å². The van der Waals surface area contributed by atoms with Crippen LogP contribution >= 0.6 is 28.6 Å². The van der Waals surface area contributed by atoms with Crippen LogP contribution in [0.4, 0.5) is 4.39 Å². The van der Waals surface area contributed by atoms with Crippen LogP contribution in [-0.2, 0) is 6.42 Å². The third kappa shape index (κ3) is 6.66. The molecule has 0 N–H and O–H groups in total. The van der Waals surface area contributed by atoms with Gasteiger partial charge in [-0.1, -0.05) is 45.0 Å². The Morgan fingerprint density at radius 1 is 1.05 bits per heavy atom. The third-order valence-electron chi connectivity index (χ3n) is 2.99. The van der Waals surface area contributed by atoms with Gasteiger partial charge in [0.05, 0.1) is 0 Å². The highest BCUT2D eigenvalue weighted by Crippen LogP contribution is 2.24. The molecular formula is C18H24BrFS. The Bertz CT molecular complexity index is 533. The first kappa shape index (κ1) is 20.2. The molecule has 0 fully saturated rings. The van der Waals surface area contributed by atoms with E-state index in [1.54, 1.807) is 13.0 Å². The fraction of sp³-hybridized carbons (Fsp3) is 0.333. The standard InChI is InChI=1S/C8H9BrS.C8H9F.C2H6/c1-2-6-4-3-5-7(9)8(6)10;1-6-4-3-5-8(9)7(6)2;1-2/h3-5,10H,2H2,1H3;3-5H,1-2H3;1-2H3. The van der Waals surface area contributed by atoms with Crippen LogP contribution in [0.25, 0.3) is 0 Å². The summed E-state index contributed by atoms with van der Waals surface area (Å²) in [5.41, 5.74) is 3.05. The van der Waals surface area contributed by atoms with Gasteiger partial charge in [0.25, 0.3) is 0 Å². The van der Waals surface area contributed by atoms with Crippen LogP contribution < -0.4 is 0 Å². The maximum atomic E-state index is 12.6. The molecule has 0 bridgehead atoms. The van der Waals surface area contributed by atoms with Crippen molar-refractivity contribution in [1.82, 2.24) is 0 Å². The van der Waals surface area contributed by atoms with E-state index < -0.39 is 0 Å². The lowest BCUT2D eigenvalue weighted by Crippen LogP contribution is -1.83. The van der Waals surface area contributed by atoms with E-state index in [9.17, 15) is 4.39 Å². The van der Waals surface area contributed by atoms with Gasteiger partial charge in [0.2, 0.25) is 0 Å². The predicted molar refractivity (Wildman–Crippen MR) is 98.0 cm³/mol. The van der Waals surface area contributed by atoms with Gasteiger partial charge in [-0.05, 0) is 65.0 Å². The van der Waals surface area contributed by atoms with E-state index in [2.05, 4.69) is 41.5 Å². The van der Waals surface area contributed by atoms with Crippen molar-refractivity contribution in [3.8, 4) is 0 Å². The quantitative estimate of drug-likeness (QED) is 0.526. The Hall–Kier alpha value is -0.800. The van der Waals surface area contributed by atoms with Crippen LogP contribution in [0, 0.1) is 19.7 Å². The maximum Gasteiger partial charge on any atom is 0.126 e. The minimum absolute atomic E-state index is 0.116. The van der Waals surface area contributed by atoms with Gasteiger partial charge in [-0.3, -0.25) is 0 Å². The zero-order valence-electron chi connectivity index (χ0n) is 13.4. The zero-order chi connectivity index (χ0) is 16.4. The Morgan fingerprint density at radius 2 is 1.62 bits per heavy atom. The molecule has 2 aromatic carbocycles. The van der Waals surface area contributed by atoms with Crippen LogP contribution in [0.1, 0.15) is 37.5 Å². The molecule has 0 nitrogen and oxygen atoms in total. The van der Waals surface area contributed by atoms with Crippen molar-refractivity contribution in [2.45, 2.75) is 45.9 Å². The molecule has 0 aromatic heterocycles. The molecule has 0 amide bonds. The molecular weight excluding hydrogens is 347 g/mol. The van der Waals surface area contributed by atoms with Crippen LogP contribution in [0.5, 0.6) is 0 Å². The summed E-state index contributed by atoms with van der Waals surface area (Å²) in [6.45, 7) is 9.81. The number of hydrogen-bond acceptors (Lipinski definition) is 1. The summed E-state index contributed by atoms with van der Waals surface area (Å²) in [5.74, 6) is -0.116. The largest absolute Gasteiger partial charge is 0.207 e. The van der Waals surface area contributed by atoms with E-state index in [4.69, 9.17) is 0 Å². The van der Waals surface area contributed by atoms with Gasteiger partial charge in [0.15, 0.2) is 0 Å². The molecule has 21 heavy (non-hydrogen) atoms. The minimum atomic E-state index is -0.116. The number of rotatable bonds is 1.